The monoisotopic (exact) mass is 544 g/mol. The fourth-order valence-corrected chi connectivity index (χ4v) is 8.05. The van der Waals surface area contributed by atoms with Crippen molar-refractivity contribution >= 4 is 10.0 Å². The van der Waals surface area contributed by atoms with Gasteiger partial charge in [-0.2, -0.15) is 4.31 Å². The summed E-state index contributed by atoms with van der Waals surface area (Å²) in [6, 6.07) is 10.5. The number of H-pyrrole nitrogens is 1. The summed E-state index contributed by atoms with van der Waals surface area (Å²) < 4.78 is 64.9. The molecule has 2 aliphatic rings. The van der Waals surface area contributed by atoms with Crippen LogP contribution in [0, 0.1) is 11.6 Å². The number of nitrogens with one attached hydrogen (secondary N) is 1. The molecule has 1 saturated heterocycles. The van der Waals surface area contributed by atoms with Gasteiger partial charge in [0.2, 0.25) is 10.0 Å². The highest BCUT2D eigenvalue weighted by Crippen LogP contribution is 2.57. The van der Waals surface area contributed by atoms with Crippen LogP contribution in [-0.2, 0) is 22.0 Å². The number of benzene rings is 2. The topological polar surface area (TPSA) is 104 Å². The third-order valence-electron chi connectivity index (χ3n) is 8.15. The summed E-state index contributed by atoms with van der Waals surface area (Å²) in [5.41, 5.74) is -1.68. The molecular weight excluding hydrogens is 514 g/mol. The summed E-state index contributed by atoms with van der Waals surface area (Å²) in [4.78, 5) is 14.1. The summed E-state index contributed by atoms with van der Waals surface area (Å²) in [5, 5.41) is 10.1. The molecule has 0 amide bonds. The molecule has 0 bridgehead atoms. The van der Waals surface area contributed by atoms with Gasteiger partial charge < -0.3 is 9.52 Å². The Hall–Kier alpha value is -3.08. The van der Waals surface area contributed by atoms with Crippen LogP contribution in [0.5, 0.6) is 0 Å². The lowest BCUT2D eigenvalue weighted by Crippen LogP contribution is -2.56. The molecule has 2 N–H and O–H groups in total. The smallest absolute Gasteiger partial charge is 0.412 e. The largest absolute Gasteiger partial charge is 0.416 e. The van der Waals surface area contributed by atoms with E-state index in [1.54, 1.807) is 38.1 Å². The van der Waals surface area contributed by atoms with Crippen LogP contribution >= 0.6 is 0 Å². The Morgan fingerprint density at radius 2 is 1.87 bits per heavy atom. The number of aromatic nitrogens is 1. The molecule has 2 fully saturated rings. The minimum Gasteiger partial charge on any atom is -0.412 e. The molecule has 38 heavy (non-hydrogen) atoms. The molecule has 2 aromatic carbocycles. The Balaban J connectivity index is 1.50. The Morgan fingerprint density at radius 1 is 1.18 bits per heavy atom. The number of aromatic amines is 1. The van der Waals surface area contributed by atoms with Crippen LogP contribution < -0.4 is 5.76 Å². The maximum atomic E-state index is 15.7. The lowest BCUT2D eigenvalue weighted by molar-refractivity contribution is -0.0531. The van der Waals surface area contributed by atoms with E-state index < -0.39 is 43.7 Å². The molecule has 7 nitrogen and oxygen atoms in total. The first-order valence-corrected chi connectivity index (χ1v) is 14.0. The quantitative estimate of drug-likeness (QED) is 0.439. The average Bonchev–Trinajstić information content (AvgIpc) is 3.28. The van der Waals surface area contributed by atoms with Gasteiger partial charge in [0.05, 0.1) is 11.0 Å². The molecule has 1 aliphatic heterocycles. The number of halogens is 2. The molecule has 202 valence electrons. The number of nitrogens with zero attached hydrogens (tertiary/aromatic N) is 1. The SMILES string of the molecule is C=C(C)C1(O)CC(c2c[nH]c(=O)o2)(c2cc(F)c(CN3[C@@H](C)CC[C@H](c4ccccc4)S3(=O)=O)cc2F)C1. The predicted molar refractivity (Wildman–Crippen MR) is 138 cm³/mol. The van der Waals surface area contributed by atoms with Gasteiger partial charge in [-0.3, -0.25) is 4.98 Å². The van der Waals surface area contributed by atoms with Crippen LogP contribution in [0.25, 0.3) is 0 Å². The summed E-state index contributed by atoms with van der Waals surface area (Å²) in [5.74, 6) is -2.23. The van der Waals surface area contributed by atoms with Crippen molar-refractivity contribution in [3.63, 3.8) is 0 Å². The van der Waals surface area contributed by atoms with Gasteiger partial charge in [0.25, 0.3) is 0 Å². The summed E-state index contributed by atoms with van der Waals surface area (Å²) >= 11 is 0. The number of rotatable bonds is 6. The Labute approximate surface area is 219 Å². The summed E-state index contributed by atoms with van der Waals surface area (Å²) in [6.07, 6.45) is 2.20. The molecule has 10 heteroatoms. The molecule has 2 heterocycles. The lowest BCUT2D eigenvalue weighted by atomic mass is 9.53. The van der Waals surface area contributed by atoms with Crippen LogP contribution in [0.1, 0.15) is 67.2 Å². The lowest BCUT2D eigenvalue weighted by Gasteiger charge is -2.52. The second kappa shape index (κ2) is 9.29. The number of oxazole rings is 1. The summed E-state index contributed by atoms with van der Waals surface area (Å²) in [7, 11) is -3.84. The second-order valence-electron chi connectivity index (χ2n) is 10.6. The van der Waals surface area contributed by atoms with Gasteiger partial charge >= 0.3 is 5.76 Å². The first-order valence-electron chi connectivity index (χ1n) is 12.5. The standard InChI is InChI=1S/C28H30F2N2O5S/c1-17(2)28(34)15-27(16-28,25-13-31-26(33)37-25)21-12-22(29)20(11-23(21)30)14-32-18(3)9-10-24(38(32,35)36)19-7-5-4-6-8-19/h4-8,11-13,18,24,34H,1,9-10,14-16H2,2-3H3,(H,31,33)/t18-,24+,27?,28?/m0/s1. The van der Waals surface area contributed by atoms with Gasteiger partial charge in [-0.15, -0.1) is 0 Å². The van der Waals surface area contributed by atoms with Crippen molar-refractivity contribution in [2.75, 3.05) is 0 Å². The minimum atomic E-state index is -3.84. The van der Waals surface area contributed by atoms with Gasteiger partial charge in [-0.1, -0.05) is 36.9 Å². The Kier molecular flexibility index (Phi) is 6.48. The molecule has 5 rings (SSSR count). The number of sulfonamides is 1. The molecule has 3 aromatic rings. The fraction of sp³-hybridized carbons (Fsp3) is 0.393. The summed E-state index contributed by atoms with van der Waals surface area (Å²) in [6.45, 7) is 6.87. The van der Waals surface area contributed by atoms with Crippen LogP contribution in [0.15, 0.2) is 70.0 Å². The highest BCUT2D eigenvalue weighted by atomic mass is 32.2. The van der Waals surface area contributed by atoms with Gasteiger partial charge in [0.15, 0.2) is 0 Å². The fourth-order valence-electron chi connectivity index (χ4n) is 5.86. The van der Waals surface area contributed by atoms with Gasteiger partial charge in [0, 0.05) is 29.9 Å². The average molecular weight is 545 g/mol. The maximum absolute atomic E-state index is 15.7. The Bertz CT molecular complexity index is 1540. The zero-order valence-electron chi connectivity index (χ0n) is 21.2. The van der Waals surface area contributed by atoms with E-state index in [2.05, 4.69) is 11.6 Å². The molecule has 0 unspecified atom stereocenters. The van der Waals surface area contributed by atoms with Gasteiger partial charge in [0.1, 0.15) is 22.6 Å². The van der Waals surface area contributed by atoms with Crippen LogP contribution in [0.2, 0.25) is 0 Å². The number of hydrogen-bond donors (Lipinski definition) is 2. The zero-order chi connectivity index (χ0) is 27.5. The molecule has 1 saturated carbocycles. The first kappa shape index (κ1) is 26.5. The van der Waals surface area contributed by atoms with E-state index in [9.17, 15) is 18.3 Å². The normalized spacial score (nSPS) is 29.1. The van der Waals surface area contributed by atoms with Crippen molar-refractivity contribution in [1.29, 1.82) is 0 Å². The van der Waals surface area contributed by atoms with Crippen LogP contribution in [-0.4, -0.2) is 34.5 Å². The van der Waals surface area contributed by atoms with Crippen molar-refractivity contribution in [3.8, 4) is 0 Å². The second-order valence-corrected chi connectivity index (χ2v) is 12.7. The molecule has 2 atom stereocenters. The maximum Gasteiger partial charge on any atom is 0.416 e. The van der Waals surface area contributed by atoms with Crippen molar-refractivity contribution in [2.24, 2.45) is 0 Å². The molecule has 0 spiro atoms. The van der Waals surface area contributed by atoms with Crippen molar-refractivity contribution in [1.82, 2.24) is 9.29 Å². The zero-order valence-corrected chi connectivity index (χ0v) is 22.0. The van der Waals surface area contributed by atoms with E-state index in [0.29, 0.717) is 24.0 Å². The molecule has 1 aromatic heterocycles. The number of aliphatic hydroxyl groups is 1. The van der Waals surface area contributed by atoms with E-state index in [1.165, 1.54) is 10.5 Å². The Morgan fingerprint density at radius 3 is 2.47 bits per heavy atom. The highest BCUT2D eigenvalue weighted by Gasteiger charge is 2.59. The van der Waals surface area contributed by atoms with E-state index in [-0.39, 0.29) is 42.3 Å². The van der Waals surface area contributed by atoms with E-state index in [1.807, 2.05) is 6.07 Å². The van der Waals surface area contributed by atoms with E-state index in [4.69, 9.17) is 4.42 Å². The van der Waals surface area contributed by atoms with Gasteiger partial charge in [-0.05, 0) is 62.8 Å². The molecule has 0 radical (unpaired) electrons. The van der Waals surface area contributed by atoms with Crippen molar-refractivity contribution in [3.05, 3.63) is 105 Å². The van der Waals surface area contributed by atoms with Crippen molar-refractivity contribution < 1.29 is 26.7 Å². The first-order chi connectivity index (χ1) is 17.9. The molecular formula is C28H30F2N2O5S. The third-order valence-corrected chi connectivity index (χ3v) is 10.5. The third kappa shape index (κ3) is 4.24. The van der Waals surface area contributed by atoms with Crippen molar-refractivity contribution in [2.45, 2.75) is 68.4 Å². The van der Waals surface area contributed by atoms with Gasteiger partial charge in [-0.25, -0.2) is 22.0 Å². The van der Waals surface area contributed by atoms with Crippen LogP contribution in [0.4, 0.5) is 8.78 Å². The number of hydrogen-bond acceptors (Lipinski definition) is 5. The highest BCUT2D eigenvalue weighted by molar-refractivity contribution is 7.89. The predicted octanol–water partition coefficient (Wildman–Crippen LogP) is 4.69. The van der Waals surface area contributed by atoms with E-state index in [0.717, 1.165) is 12.1 Å². The van der Waals surface area contributed by atoms with E-state index >= 15 is 8.78 Å². The minimum absolute atomic E-state index is 0.0534. The van der Waals surface area contributed by atoms with Crippen LogP contribution in [0.3, 0.4) is 0 Å². The molecule has 1 aliphatic carbocycles.